The number of amides is 2. The quantitative estimate of drug-likeness (QED) is 0.817. The lowest BCUT2D eigenvalue weighted by Crippen LogP contribution is -2.61. The van der Waals surface area contributed by atoms with E-state index in [-0.39, 0.29) is 36.5 Å². The number of likely N-dealkylation sites (tertiary alicyclic amines) is 2. The highest BCUT2D eigenvalue weighted by atomic mass is 16.5. The number of ketones is 1. The van der Waals surface area contributed by atoms with E-state index in [0.717, 1.165) is 6.42 Å². The van der Waals surface area contributed by atoms with Crippen molar-refractivity contribution in [3.8, 4) is 0 Å². The first-order valence-electron chi connectivity index (χ1n) is 9.84. The molecule has 3 aliphatic rings. The summed E-state index contributed by atoms with van der Waals surface area (Å²) in [4.78, 5) is 28.1. The lowest BCUT2D eigenvalue weighted by molar-refractivity contribution is -0.140. The van der Waals surface area contributed by atoms with Gasteiger partial charge in [-0.1, -0.05) is 23.8 Å². The van der Waals surface area contributed by atoms with Crippen LogP contribution in [0.25, 0.3) is 0 Å². The molecule has 146 valence electrons. The van der Waals surface area contributed by atoms with Crippen LogP contribution in [0.2, 0.25) is 0 Å². The second kappa shape index (κ2) is 7.60. The second-order valence-electron chi connectivity index (χ2n) is 8.14. The normalized spacial score (nSPS) is 25.9. The molecule has 0 spiro atoms. The zero-order chi connectivity index (χ0) is 19.0. The van der Waals surface area contributed by atoms with Gasteiger partial charge in [0, 0.05) is 25.4 Å². The van der Waals surface area contributed by atoms with Gasteiger partial charge in [-0.3, -0.25) is 4.79 Å². The number of carbonyl (C=O) groups excluding carboxylic acids is 2. The van der Waals surface area contributed by atoms with Crippen LogP contribution in [-0.2, 0) is 20.9 Å². The predicted molar refractivity (Wildman–Crippen MR) is 101 cm³/mol. The van der Waals surface area contributed by atoms with Crippen LogP contribution in [0, 0.1) is 19.8 Å². The van der Waals surface area contributed by atoms with Gasteiger partial charge in [-0.25, -0.2) is 4.79 Å². The van der Waals surface area contributed by atoms with Crippen molar-refractivity contribution in [1.29, 1.82) is 0 Å². The number of rotatable bonds is 3. The molecule has 2 atom stereocenters. The maximum absolute atomic E-state index is 12.7. The summed E-state index contributed by atoms with van der Waals surface area (Å²) in [6, 6.07) is 6.45. The molecule has 6 nitrogen and oxygen atoms in total. The summed E-state index contributed by atoms with van der Waals surface area (Å²) in [5, 5.41) is 0. The number of ether oxygens (including phenoxy) is 2. The topological polar surface area (TPSA) is 59.1 Å². The average Bonchev–Trinajstić information content (AvgIpc) is 2.61. The lowest BCUT2D eigenvalue weighted by atomic mass is 9.88. The monoisotopic (exact) mass is 372 g/mol. The first-order valence-corrected chi connectivity index (χ1v) is 9.84. The Morgan fingerprint density at radius 2 is 2.04 bits per heavy atom. The molecule has 0 aromatic heterocycles. The van der Waals surface area contributed by atoms with Gasteiger partial charge < -0.3 is 19.3 Å². The minimum Gasteiger partial charge on any atom is -0.370 e. The molecule has 0 aliphatic carbocycles. The molecular weight excluding hydrogens is 344 g/mol. The van der Waals surface area contributed by atoms with Crippen molar-refractivity contribution in [1.82, 2.24) is 9.80 Å². The van der Waals surface area contributed by atoms with E-state index in [4.69, 9.17) is 9.47 Å². The molecule has 0 saturated carbocycles. The molecule has 3 fully saturated rings. The average molecular weight is 372 g/mol. The number of hydrogen-bond acceptors (Lipinski definition) is 4. The summed E-state index contributed by atoms with van der Waals surface area (Å²) in [5.74, 6) is 0.302. The largest absolute Gasteiger partial charge is 0.370 e. The van der Waals surface area contributed by atoms with Crippen LogP contribution in [0.3, 0.4) is 0 Å². The van der Waals surface area contributed by atoms with Gasteiger partial charge >= 0.3 is 6.03 Å². The van der Waals surface area contributed by atoms with Gasteiger partial charge in [0.15, 0.2) is 5.78 Å². The number of hydrogen-bond donors (Lipinski definition) is 0. The predicted octanol–water partition coefficient (Wildman–Crippen LogP) is 2.30. The molecule has 0 unspecified atom stereocenters. The molecular formula is C21H28N2O4. The summed E-state index contributed by atoms with van der Waals surface area (Å²) in [6.07, 6.45) is 1.60. The molecule has 4 rings (SSSR count). The Balaban J connectivity index is 1.23. The minimum absolute atomic E-state index is 0.0674. The second-order valence-corrected chi connectivity index (χ2v) is 8.14. The number of urea groups is 1. The molecule has 1 aromatic rings. The van der Waals surface area contributed by atoms with Gasteiger partial charge in [-0.2, -0.15) is 0 Å². The van der Waals surface area contributed by atoms with Crippen LogP contribution in [-0.4, -0.2) is 66.6 Å². The van der Waals surface area contributed by atoms with Gasteiger partial charge in [-0.05, 0) is 31.4 Å². The first-order chi connectivity index (χ1) is 13.0. The standard InChI is InChI=1S/C21H28N2O4/c1-14-3-4-16(15(2)7-14)12-26-19-10-23(11-19)21(25)22-6-5-20-17(9-22)8-18(24)13-27-20/h3-4,7,17,19-20H,5-6,8-13H2,1-2H3/t17-,20+/m1/s1. The van der Waals surface area contributed by atoms with E-state index in [1.165, 1.54) is 16.7 Å². The molecule has 0 radical (unpaired) electrons. The fraction of sp³-hybridized carbons (Fsp3) is 0.619. The van der Waals surface area contributed by atoms with Gasteiger partial charge in [0.1, 0.15) is 6.61 Å². The summed E-state index contributed by atoms with van der Waals surface area (Å²) in [6.45, 7) is 7.63. The van der Waals surface area contributed by atoms with Gasteiger partial charge in [0.2, 0.25) is 0 Å². The Morgan fingerprint density at radius 3 is 2.81 bits per heavy atom. The van der Waals surface area contributed by atoms with Crippen LogP contribution < -0.4 is 0 Å². The van der Waals surface area contributed by atoms with Gasteiger partial charge in [0.25, 0.3) is 0 Å². The number of benzene rings is 1. The number of fused-ring (bicyclic) bond motifs is 1. The highest BCUT2D eigenvalue weighted by molar-refractivity contribution is 5.81. The van der Waals surface area contributed by atoms with E-state index >= 15 is 0 Å². The smallest absolute Gasteiger partial charge is 0.320 e. The van der Waals surface area contributed by atoms with Gasteiger partial charge in [0.05, 0.1) is 31.9 Å². The molecule has 3 aliphatic heterocycles. The van der Waals surface area contributed by atoms with Crippen molar-refractivity contribution >= 4 is 11.8 Å². The van der Waals surface area contributed by atoms with E-state index in [1.54, 1.807) is 0 Å². The van der Waals surface area contributed by atoms with Crippen LogP contribution in [0.5, 0.6) is 0 Å². The van der Waals surface area contributed by atoms with Crippen LogP contribution >= 0.6 is 0 Å². The molecule has 3 heterocycles. The first kappa shape index (κ1) is 18.4. The SMILES string of the molecule is Cc1ccc(COC2CN(C(=O)N3CC[C@@H]4OCC(=O)C[C@@H]4C3)C2)c(C)c1. The Kier molecular flexibility index (Phi) is 5.19. The number of aryl methyl sites for hydroxylation is 2. The van der Waals surface area contributed by atoms with Crippen molar-refractivity contribution in [3.63, 3.8) is 0 Å². The molecule has 27 heavy (non-hydrogen) atoms. The van der Waals surface area contributed by atoms with E-state index in [0.29, 0.717) is 39.2 Å². The molecule has 0 bridgehead atoms. The van der Waals surface area contributed by atoms with E-state index in [2.05, 4.69) is 32.0 Å². The summed E-state index contributed by atoms with van der Waals surface area (Å²) < 4.78 is 11.6. The Labute approximate surface area is 160 Å². The Morgan fingerprint density at radius 1 is 1.22 bits per heavy atom. The van der Waals surface area contributed by atoms with Gasteiger partial charge in [-0.15, -0.1) is 0 Å². The third-order valence-corrected chi connectivity index (χ3v) is 5.97. The van der Waals surface area contributed by atoms with Crippen LogP contribution in [0.1, 0.15) is 29.5 Å². The summed E-state index contributed by atoms with van der Waals surface area (Å²) >= 11 is 0. The number of carbonyl (C=O) groups is 2. The van der Waals surface area contributed by atoms with Crippen molar-refractivity contribution in [2.75, 3.05) is 32.8 Å². The maximum atomic E-state index is 12.7. The van der Waals surface area contributed by atoms with E-state index < -0.39 is 0 Å². The van der Waals surface area contributed by atoms with Crippen molar-refractivity contribution in [3.05, 3.63) is 34.9 Å². The number of nitrogens with zero attached hydrogens (tertiary/aromatic N) is 2. The highest BCUT2D eigenvalue weighted by Gasteiger charge is 2.40. The molecule has 1 aromatic carbocycles. The van der Waals surface area contributed by atoms with E-state index in [9.17, 15) is 9.59 Å². The zero-order valence-corrected chi connectivity index (χ0v) is 16.1. The molecule has 3 saturated heterocycles. The highest BCUT2D eigenvalue weighted by Crippen LogP contribution is 2.28. The third-order valence-electron chi connectivity index (χ3n) is 5.97. The fourth-order valence-electron chi connectivity index (χ4n) is 4.27. The summed E-state index contributed by atoms with van der Waals surface area (Å²) in [5.41, 5.74) is 3.70. The zero-order valence-electron chi connectivity index (χ0n) is 16.1. The maximum Gasteiger partial charge on any atom is 0.320 e. The van der Waals surface area contributed by atoms with E-state index in [1.807, 2.05) is 9.80 Å². The fourth-order valence-corrected chi connectivity index (χ4v) is 4.27. The number of piperidine rings is 1. The Hall–Kier alpha value is -1.92. The minimum atomic E-state index is 0.0674. The molecule has 2 amide bonds. The summed E-state index contributed by atoms with van der Waals surface area (Å²) in [7, 11) is 0. The lowest BCUT2D eigenvalue weighted by Gasteiger charge is -2.45. The van der Waals surface area contributed by atoms with Crippen molar-refractivity contribution in [2.24, 2.45) is 5.92 Å². The molecule has 0 N–H and O–H groups in total. The number of Topliss-reactive ketones (excluding diaryl/α,β-unsaturated/α-hetero) is 1. The van der Waals surface area contributed by atoms with Crippen LogP contribution in [0.15, 0.2) is 18.2 Å². The third kappa shape index (κ3) is 4.01. The van der Waals surface area contributed by atoms with Crippen LogP contribution in [0.4, 0.5) is 4.79 Å². The Bertz CT molecular complexity index is 729. The van der Waals surface area contributed by atoms with Crippen molar-refractivity contribution in [2.45, 2.75) is 45.5 Å². The molecule has 6 heteroatoms. The van der Waals surface area contributed by atoms with Crippen molar-refractivity contribution < 1.29 is 19.1 Å².